The Kier molecular flexibility index (Phi) is 6.46. The lowest BCUT2D eigenvalue weighted by Gasteiger charge is -2.14. The van der Waals surface area contributed by atoms with Gasteiger partial charge in [0.05, 0.1) is 34.0 Å². The van der Waals surface area contributed by atoms with Crippen LogP contribution in [0.5, 0.6) is 0 Å². The smallest absolute Gasteiger partial charge is 0.165 e. The molecule has 0 radical (unpaired) electrons. The van der Waals surface area contributed by atoms with E-state index in [9.17, 15) is 0 Å². The predicted molar refractivity (Wildman–Crippen MR) is 207 cm³/mol. The Hall–Kier alpha value is -6.78. The number of aromatic nitrogens is 4. The monoisotopic (exact) mass is 638 g/mol. The molecule has 0 aliphatic carbocycles. The van der Waals surface area contributed by atoms with Gasteiger partial charge in [0.1, 0.15) is 5.69 Å². The zero-order valence-corrected chi connectivity index (χ0v) is 27.1. The first-order chi connectivity index (χ1) is 24.8. The van der Waals surface area contributed by atoms with Gasteiger partial charge >= 0.3 is 0 Å². The fourth-order valence-electron chi connectivity index (χ4n) is 7.54. The van der Waals surface area contributed by atoms with Gasteiger partial charge in [0.2, 0.25) is 0 Å². The van der Waals surface area contributed by atoms with Crippen molar-refractivity contribution in [2.75, 3.05) is 0 Å². The first-order valence-electron chi connectivity index (χ1n) is 16.9. The van der Waals surface area contributed by atoms with Crippen molar-refractivity contribution in [1.29, 1.82) is 0 Å². The van der Waals surface area contributed by atoms with Gasteiger partial charge in [-0.3, -0.25) is 9.55 Å². The summed E-state index contributed by atoms with van der Waals surface area (Å²) in [7, 11) is 0. The molecule has 0 atom stereocenters. The summed E-state index contributed by atoms with van der Waals surface area (Å²) in [5, 5.41) is 4.84. The van der Waals surface area contributed by atoms with Crippen molar-refractivity contribution in [2.45, 2.75) is 0 Å². The van der Waals surface area contributed by atoms with Crippen LogP contribution in [-0.4, -0.2) is 19.1 Å². The maximum atomic E-state index is 5.39. The van der Waals surface area contributed by atoms with Crippen molar-refractivity contribution in [2.24, 2.45) is 0 Å². The molecule has 3 aromatic heterocycles. The van der Waals surface area contributed by atoms with Crippen LogP contribution in [0.3, 0.4) is 0 Å². The Morgan fingerprint density at radius 3 is 1.46 bits per heavy atom. The van der Waals surface area contributed by atoms with Crippen LogP contribution in [0, 0.1) is 0 Å². The normalized spacial score (nSPS) is 11.6. The van der Waals surface area contributed by atoms with E-state index in [4.69, 9.17) is 9.97 Å². The summed E-state index contributed by atoms with van der Waals surface area (Å²) in [5.74, 6) is 0.809. The molecule has 0 spiro atoms. The Morgan fingerprint density at radius 2 is 0.840 bits per heavy atom. The van der Waals surface area contributed by atoms with E-state index in [0.29, 0.717) is 0 Å². The van der Waals surface area contributed by atoms with Crippen LogP contribution < -0.4 is 0 Å². The van der Waals surface area contributed by atoms with Gasteiger partial charge in [0.25, 0.3) is 0 Å². The van der Waals surface area contributed by atoms with Crippen LogP contribution in [0.25, 0.3) is 88.8 Å². The number of fused-ring (bicyclic) bond motifs is 7. The lowest BCUT2D eigenvalue weighted by Crippen LogP contribution is -2.04. The predicted octanol–water partition coefficient (Wildman–Crippen LogP) is 11.7. The van der Waals surface area contributed by atoms with Gasteiger partial charge in [-0.25, -0.2) is 4.98 Å². The third-order valence-electron chi connectivity index (χ3n) is 9.79. The summed E-state index contributed by atoms with van der Waals surface area (Å²) in [6, 6.07) is 62.1. The van der Waals surface area contributed by atoms with Crippen molar-refractivity contribution in [3.05, 3.63) is 182 Å². The van der Waals surface area contributed by atoms with E-state index in [1.54, 1.807) is 0 Å². The van der Waals surface area contributed by atoms with E-state index in [1.807, 2.05) is 30.5 Å². The molecule has 4 heteroatoms. The van der Waals surface area contributed by atoms with Gasteiger partial charge in [-0.2, -0.15) is 0 Å². The van der Waals surface area contributed by atoms with E-state index in [0.717, 1.165) is 45.1 Å². The van der Waals surface area contributed by atoms with E-state index in [1.165, 1.54) is 43.7 Å². The summed E-state index contributed by atoms with van der Waals surface area (Å²) in [5.41, 5.74) is 11.8. The standard InChI is InChI=1S/C46H30N4/c1-4-14-31(15-5-1)32-24-26-35(27-25-32)49-39-22-12-10-20-36(39)43-41(49)28-29-42-44(43)37-21-11-13-23-40(37)50(42)46-45(34-18-8-3-9-19-34)47-30-38(48-46)33-16-6-2-7-17-33/h1-30H. The van der Waals surface area contributed by atoms with Crippen LogP contribution >= 0.6 is 0 Å². The second-order valence-electron chi connectivity index (χ2n) is 12.6. The van der Waals surface area contributed by atoms with Crippen molar-refractivity contribution in [3.8, 4) is 45.1 Å². The van der Waals surface area contributed by atoms with Gasteiger partial charge < -0.3 is 4.57 Å². The van der Waals surface area contributed by atoms with Gasteiger partial charge in [-0.05, 0) is 47.5 Å². The molecule has 0 saturated heterocycles. The lowest BCUT2D eigenvalue weighted by atomic mass is 10.1. The number of nitrogens with zero attached hydrogens (tertiary/aromatic N) is 4. The quantitative estimate of drug-likeness (QED) is 0.188. The number of benzene rings is 7. The highest BCUT2D eigenvalue weighted by Crippen LogP contribution is 2.43. The molecule has 0 fully saturated rings. The van der Waals surface area contributed by atoms with E-state index in [-0.39, 0.29) is 0 Å². The van der Waals surface area contributed by atoms with Gasteiger partial charge in [-0.15, -0.1) is 0 Å². The van der Waals surface area contributed by atoms with E-state index >= 15 is 0 Å². The molecule has 0 N–H and O–H groups in total. The largest absolute Gasteiger partial charge is 0.309 e. The first kappa shape index (κ1) is 28.3. The summed E-state index contributed by atoms with van der Waals surface area (Å²) in [4.78, 5) is 10.5. The Balaban J connectivity index is 1.28. The van der Waals surface area contributed by atoms with Crippen LogP contribution in [0.1, 0.15) is 0 Å². The molecular formula is C46H30N4. The van der Waals surface area contributed by atoms with Gasteiger partial charge in [-0.1, -0.05) is 140 Å². The highest BCUT2D eigenvalue weighted by Gasteiger charge is 2.23. The number of para-hydroxylation sites is 2. The molecule has 0 saturated carbocycles. The first-order valence-corrected chi connectivity index (χ1v) is 16.9. The van der Waals surface area contributed by atoms with Crippen molar-refractivity contribution in [3.63, 3.8) is 0 Å². The Bertz CT molecular complexity index is 2830. The number of hydrogen-bond donors (Lipinski definition) is 0. The van der Waals surface area contributed by atoms with Crippen LogP contribution in [-0.2, 0) is 0 Å². The third kappa shape index (κ3) is 4.39. The maximum Gasteiger partial charge on any atom is 0.165 e. The Labute approximate surface area is 289 Å². The van der Waals surface area contributed by atoms with Crippen molar-refractivity contribution in [1.82, 2.24) is 19.1 Å². The highest BCUT2D eigenvalue weighted by atomic mass is 15.1. The summed E-state index contributed by atoms with van der Waals surface area (Å²) in [6.07, 6.45) is 1.89. The second-order valence-corrected chi connectivity index (χ2v) is 12.6. The minimum Gasteiger partial charge on any atom is -0.309 e. The summed E-state index contributed by atoms with van der Waals surface area (Å²) < 4.78 is 4.71. The van der Waals surface area contributed by atoms with E-state index < -0.39 is 0 Å². The van der Waals surface area contributed by atoms with Crippen molar-refractivity contribution >= 4 is 43.6 Å². The molecule has 0 aliphatic heterocycles. The molecule has 3 heterocycles. The topological polar surface area (TPSA) is 35.6 Å². The minimum absolute atomic E-state index is 0.809. The molecule has 10 aromatic rings. The average Bonchev–Trinajstić information content (AvgIpc) is 3.71. The maximum absolute atomic E-state index is 5.39. The van der Waals surface area contributed by atoms with E-state index in [2.05, 4.69) is 161 Å². The average molecular weight is 639 g/mol. The molecule has 234 valence electrons. The fourth-order valence-corrected chi connectivity index (χ4v) is 7.54. The second kappa shape index (κ2) is 11.4. The molecule has 7 aromatic carbocycles. The van der Waals surface area contributed by atoms with Crippen LogP contribution in [0.15, 0.2) is 182 Å². The van der Waals surface area contributed by atoms with Gasteiger partial charge in [0.15, 0.2) is 5.82 Å². The van der Waals surface area contributed by atoms with Crippen molar-refractivity contribution < 1.29 is 0 Å². The molecule has 0 bridgehead atoms. The number of rotatable bonds is 5. The minimum atomic E-state index is 0.809. The summed E-state index contributed by atoms with van der Waals surface area (Å²) >= 11 is 0. The highest BCUT2D eigenvalue weighted by molar-refractivity contribution is 6.29. The molecule has 0 amide bonds. The number of hydrogen-bond acceptors (Lipinski definition) is 2. The molecule has 50 heavy (non-hydrogen) atoms. The summed E-state index contributed by atoms with van der Waals surface area (Å²) in [6.45, 7) is 0. The molecule has 0 aliphatic rings. The van der Waals surface area contributed by atoms with Crippen LogP contribution in [0.4, 0.5) is 0 Å². The van der Waals surface area contributed by atoms with Crippen LogP contribution in [0.2, 0.25) is 0 Å². The lowest BCUT2D eigenvalue weighted by molar-refractivity contribution is 1.05. The third-order valence-corrected chi connectivity index (χ3v) is 9.79. The SMILES string of the molecule is c1ccc(-c2ccc(-n3c4ccccc4c4c5c6ccccc6n(-c6nc(-c7ccccc7)cnc6-c6ccccc6)c5ccc43)cc2)cc1. The molecule has 0 unspecified atom stereocenters. The molecule has 10 rings (SSSR count). The zero-order valence-electron chi connectivity index (χ0n) is 27.1. The van der Waals surface area contributed by atoms with Gasteiger partial charge in [0, 0.05) is 38.4 Å². The molecule has 4 nitrogen and oxygen atoms in total. The fraction of sp³-hybridized carbons (Fsp3) is 0. The zero-order chi connectivity index (χ0) is 33.0. The molecular weight excluding hydrogens is 609 g/mol. The Morgan fingerprint density at radius 1 is 0.360 bits per heavy atom.